The quantitative estimate of drug-likeness (QED) is 0.783. The van der Waals surface area contributed by atoms with E-state index in [-0.39, 0.29) is 11.9 Å². The first-order chi connectivity index (χ1) is 7.63. The van der Waals surface area contributed by atoms with Gasteiger partial charge in [-0.2, -0.15) is 0 Å². The predicted octanol–water partition coefficient (Wildman–Crippen LogP) is 3.15. The number of rotatable bonds is 5. The van der Waals surface area contributed by atoms with E-state index in [2.05, 4.69) is 16.8 Å². The highest BCUT2D eigenvalue weighted by Crippen LogP contribution is 2.11. The van der Waals surface area contributed by atoms with Crippen molar-refractivity contribution in [1.82, 2.24) is 5.32 Å². The SMILES string of the molecule is CC/C=C(/C)C(=O)N[C@@H](C)Cc1cccs1. The number of nitrogens with one attached hydrogen (secondary N) is 1. The van der Waals surface area contributed by atoms with Crippen LogP contribution < -0.4 is 5.32 Å². The van der Waals surface area contributed by atoms with Crippen LogP contribution in [0.5, 0.6) is 0 Å². The van der Waals surface area contributed by atoms with Gasteiger partial charge in [0.1, 0.15) is 0 Å². The minimum atomic E-state index is 0.0471. The number of carbonyl (C=O) groups is 1. The molecule has 1 amide bonds. The molecule has 0 fully saturated rings. The standard InChI is InChI=1S/C13H19NOS/c1-4-6-10(2)13(15)14-11(3)9-12-7-5-8-16-12/h5-8,11H,4,9H2,1-3H3,(H,14,15)/b10-6-/t11-/m0/s1. The lowest BCUT2D eigenvalue weighted by molar-refractivity contribution is -0.118. The summed E-state index contributed by atoms with van der Waals surface area (Å²) in [6.45, 7) is 5.93. The molecule has 88 valence electrons. The monoisotopic (exact) mass is 237 g/mol. The third-order valence-electron chi connectivity index (χ3n) is 2.33. The Hall–Kier alpha value is -1.09. The van der Waals surface area contributed by atoms with Gasteiger partial charge in [0.15, 0.2) is 0 Å². The van der Waals surface area contributed by atoms with E-state index < -0.39 is 0 Å². The second-order valence-corrected chi connectivity index (χ2v) is 4.99. The van der Waals surface area contributed by atoms with Crippen molar-refractivity contribution in [2.24, 2.45) is 0 Å². The number of carbonyl (C=O) groups excluding carboxylic acids is 1. The second kappa shape index (κ2) is 6.48. The second-order valence-electron chi connectivity index (χ2n) is 3.95. The van der Waals surface area contributed by atoms with E-state index in [9.17, 15) is 4.79 Å². The van der Waals surface area contributed by atoms with Gasteiger partial charge < -0.3 is 5.32 Å². The fourth-order valence-corrected chi connectivity index (χ4v) is 2.35. The number of allylic oxidation sites excluding steroid dienone is 1. The molecule has 0 aliphatic heterocycles. The van der Waals surface area contributed by atoms with Crippen LogP contribution in [0.2, 0.25) is 0 Å². The van der Waals surface area contributed by atoms with Crippen molar-refractivity contribution in [3.8, 4) is 0 Å². The minimum absolute atomic E-state index is 0.0471. The third-order valence-corrected chi connectivity index (χ3v) is 3.23. The van der Waals surface area contributed by atoms with Gasteiger partial charge in [-0.3, -0.25) is 4.79 Å². The van der Waals surface area contributed by atoms with E-state index in [0.29, 0.717) is 0 Å². The van der Waals surface area contributed by atoms with Crippen LogP contribution in [-0.2, 0) is 11.2 Å². The van der Waals surface area contributed by atoms with E-state index in [1.807, 2.05) is 32.9 Å². The maximum absolute atomic E-state index is 11.7. The van der Waals surface area contributed by atoms with Crippen LogP contribution in [0.1, 0.15) is 32.1 Å². The van der Waals surface area contributed by atoms with Crippen LogP contribution >= 0.6 is 11.3 Å². The molecule has 0 radical (unpaired) electrons. The van der Waals surface area contributed by atoms with Gasteiger partial charge in [0, 0.05) is 22.9 Å². The van der Waals surface area contributed by atoms with Gasteiger partial charge in [-0.25, -0.2) is 0 Å². The number of thiophene rings is 1. The normalized spacial score (nSPS) is 13.6. The van der Waals surface area contributed by atoms with Crippen molar-refractivity contribution >= 4 is 17.2 Å². The summed E-state index contributed by atoms with van der Waals surface area (Å²) < 4.78 is 0. The van der Waals surface area contributed by atoms with Crippen molar-refractivity contribution in [3.63, 3.8) is 0 Å². The highest BCUT2D eigenvalue weighted by molar-refractivity contribution is 7.09. The molecule has 1 atom stereocenters. The maximum atomic E-state index is 11.7. The summed E-state index contributed by atoms with van der Waals surface area (Å²) in [6, 6.07) is 4.32. The Labute approximate surface area is 101 Å². The topological polar surface area (TPSA) is 29.1 Å². The first-order valence-corrected chi connectivity index (χ1v) is 6.51. The molecule has 2 nitrogen and oxygen atoms in total. The molecule has 0 spiro atoms. The van der Waals surface area contributed by atoms with Crippen LogP contribution in [0, 0.1) is 0 Å². The minimum Gasteiger partial charge on any atom is -0.350 e. The van der Waals surface area contributed by atoms with Crippen LogP contribution in [0.4, 0.5) is 0 Å². The lowest BCUT2D eigenvalue weighted by Crippen LogP contribution is -2.34. The summed E-state index contributed by atoms with van der Waals surface area (Å²) >= 11 is 1.73. The fraction of sp³-hybridized carbons (Fsp3) is 0.462. The van der Waals surface area contributed by atoms with E-state index in [1.54, 1.807) is 11.3 Å². The summed E-state index contributed by atoms with van der Waals surface area (Å²) in [5.74, 6) is 0.0471. The van der Waals surface area contributed by atoms with Crippen LogP contribution in [-0.4, -0.2) is 11.9 Å². The molecule has 1 aromatic rings. The molecular weight excluding hydrogens is 218 g/mol. The molecule has 0 aliphatic rings. The Bertz CT molecular complexity index is 354. The van der Waals surface area contributed by atoms with Crippen LogP contribution in [0.3, 0.4) is 0 Å². The molecule has 3 heteroatoms. The molecule has 16 heavy (non-hydrogen) atoms. The van der Waals surface area contributed by atoms with Crippen molar-refractivity contribution < 1.29 is 4.79 Å². The number of hydrogen-bond acceptors (Lipinski definition) is 2. The van der Waals surface area contributed by atoms with Gasteiger partial charge in [-0.1, -0.05) is 19.1 Å². The molecule has 0 saturated carbocycles. The maximum Gasteiger partial charge on any atom is 0.246 e. The first kappa shape index (κ1) is 13.0. The molecule has 1 N–H and O–H groups in total. The van der Waals surface area contributed by atoms with Crippen molar-refractivity contribution in [1.29, 1.82) is 0 Å². The molecule has 0 saturated heterocycles. The highest BCUT2D eigenvalue weighted by atomic mass is 32.1. The van der Waals surface area contributed by atoms with E-state index in [4.69, 9.17) is 0 Å². The van der Waals surface area contributed by atoms with Gasteiger partial charge in [-0.05, 0) is 31.7 Å². The number of hydrogen-bond donors (Lipinski definition) is 1. The smallest absolute Gasteiger partial charge is 0.246 e. The third kappa shape index (κ3) is 4.19. The summed E-state index contributed by atoms with van der Waals surface area (Å²) in [4.78, 5) is 13.0. The summed E-state index contributed by atoms with van der Waals surface area (Å²) in [7, 11) is 0. The average molecular weight is 237 g/mol. The molecule has 1 aromatic heterocycles. The molecule has 0 unspecified atom stereocenters. The largest absolute Gasteiger partial charge is 0.350 e. The summed E-state index contributed by atoms with van der Waals surface area (Å²) in [5.41, 5.74) is 0.806. The van der Waals surface area contributed by atoms with Gasteiger partial charge in [0.2, 0.25) is 5.91 Å². The molecule has 0 aliphatic carbocycles. The van der Waals surface area contributed by atoms with Gasteiger partial charge in [-0.15, -0.1) is 11.3 Å². The Balaban J connectivity index is 2.42. The van der Waals surface area contributed by atoms with Gasteiger partial charge in [0.25, 0.3) is 0 Å². The van der Waals surface area contributed by atoms with Crippen LogP contribution in [0.25, 0.3) is 0 Å². The van der Waals surface area contributed by atoms with E-state index in [0.717, 1.165) is 18.4 Å². The molecule has 0 bridgehead atoms. The fourth-order valence-electron chi connectivity index (χ4n) is 1.52. The number of amides is 1. The van der Waals surface area contributed by atoms with E-state index >= 15 is 0 Å². The van der Waals surface area contributed by atoms with Crippen molar-refractivity contribution in [2.75, 3.05) is 0 Å². The Morgan fingerprint density at radius 2 is 2.38 bits per heavy atom. The molecule has 0 aromatic carbocycles. The molecule has 1 heterocycles. The lowest BCUT2D eigenvalue weighted by Gasteiger charge is -2.13. The van der Waals surface area contributed by atoms with Crippen molar-refractivity contribution in [2.45, 2.75) is 39.7 Å². The Morgan fingerprint density at radius 1 is 1.62 bits per heavy atom. The van der Waals surface area contributed by atoms with Crippen LogP contribution in [0.15, 0.2) is 29.2 Å². The molecule has 1 rings (SSSR count). The summed E-state index contributed by atoms with van der Waals surface area (Å²) in [6.07, 6.45) is 3.76. The predicted molar refractivity (Wildman–Crippen MR) is 69.7 cm³/mol. The Kier molecular flexibility index (Phi) is 5.26. The zero-order valence-electron chi connectivity index (χ0n) is 10.1. The highest BCUT2D eigenvalue weighted by Gasteiger charge is 2.09. The van der Waals surface area contributed by atoms with Gasteiger partial charge >= 0.3 is 0 Å². The zero-order valence-corrected chi connectivity index (χ0v) is 10.9. The zero-order chi connectivity index (χ0) is 12.0. The summed E-state index contributed by atoms with van der Waals surface area (Å²) in [5, 5.41) is 5.06. The van der Waals surface area contributed by atoms with Gasteiger partial charge in [0.05, 0.1) is 0 Å². The average Bonchev–Trinajstić information content (AvgIpc) is 2.70. The molecular formula is C13H19NOS. The Morgan fingerprint density at radius 3 is 2.94 bits per heavy atom. The van der Waals surface area contributed by atoms with E-state index in [1.165, 1.54) is 4.88 Å². The first-order valence-electron chi connectivity index (χ1n) is 5.63. The van der Waals surface area contributed by atoms with Crippen molar-refractivity contribution in [3.05, 3.63) is 34.0 Å². The lowest BCUT2D eigenvalue weighted by atomic mass is 10.2.